The molecule has 0 saturated heterocycles. The highest BCUT2D eigenvalue weighted by molar-refractivity contribution is 7.90. The minimum Gasteiger partial charge on any atom is -0.352 e. The summed E-state index contributed by atoms with van der Waals surface area (Å²) in [6.07, 6.45) is 3.93. The molecular weight excluding hydrogens is 312 g/mol. The molecule has 0 aliphatic heterocycles. The maximum absolute atomic E-state index is 12.0. The summed E-state index contributed by atoms with van der Waals surface area (Å²) in [5.41, 5.74) is 6.76. The lowest BCUT2D eigenvalue weighted by molar-refractivity contribution is -0.125. The number of carbonyl (C=O) groups excluding carboxylic acids is 1. The first-order chi connectivity index (χ1) is 9.38. The molecule has 2 rings (SSSR count). The molecule has 1 saturated carbocycles. The maximum atomic E-state index is 12.0. The fourth-order valence-electron chi connectivity index (χ4n) is 2.49. The second-order valence-corrected chi connectivity index (χ2v) is 7.35. The summed E-state index contributed by atoms with van der Waals surface area (Å²) in [7, 11) is -3.18. The molecule has 3 N–H and O–H groups in total. The lowest BCUT2D eigenvalue weighted by atomic mass is 10.0. The predicted octanol–water partition coefficient (Wildman–Crippen LogP) is 1.26. The fourth-order valence-corrected chi connectivity index (χ4v) is 3.12. The molecule has 7 heteroatoms. The first kappa shape index (κ1) is 17.9. The van der Waals surface area contributed by atoms with Crippen LogP contribution in [0.15, 0.2) is 29.2 Å². The Morgan fingerprint density at radius 2 is 1.90 bits per heavy atom. The summed E-state index contributed by atoms with van der Waals surface area (Å²) in [6.45, 7) is 0.395. The summed E-state index contributed by atoms with van der Waals surface area (Å²) in [5, 5.41) is 2.86. The van der Waals surface area contributed by atoms with Crippen molar-refractivity contribution in [3.8, 4) is 0 Å². The number of sulfone groups is 1. The molecule has 0 spiro atoms. The van der Waals surface area contributed by atoms with Crippen molar-refractivity contribution in [1.29, 1.82) is 0 Å². The lowest BCUT2D eigenvalue weighted by Crippen LogP contribution is -2.38. The zero-order valence-electron chi connectivity index (χ0n) is 11.9. The summed E-state index contributed by atoms with van der Waals surface area (Å²) >= 11 is 0. The molecule has 118 valence electrons. The Morgan fingerprint density at radius 1 is 1.29 bits per heavy atom. The van der Waals surface area contributed by atoms with Crippen LogP contribution in [0.2, 0.25) is 0 Å². The highest BCUT2D eigenvalue weighted by Gasteiger charge is 2.29. The van der Waals surface area contributed by atoms with Crippen LogP contribution in [0.25, 0.3) is 0 Å². The molecule has 0 heterocycles. The molecule has 0 bridgehead atoms. The molecule has 0 radical (unpaired) electrons. The normalized spacial score (nSPS) is 21.6. The van der Waals surface area contributed by atoms with Gasteiger partial charge in [-0.05, 0) is 30.5 Å². The van der Waals surface area contributed by atoms with Gasteiger partial charge < -0.3 is 11.1 Å². The van der Waals surface area contributed by atoms with Gasteiger partial charge >= 0.3 is 0 Å². The second kappa shape index (κ2) is 7.24. The van der Waals surface area contributed by atoms with E-state index in [-0.39, 0.29) is 35.2 Å². The number of nitrogens with one attached hydrogen (secondary N) is 1. The van der Waals surface area contributed by atoms with E-state index in [9.17, 15) is 13.2 Å². The van der Waals surface area contributed by atoms with Crippen LogP contribution in [0, 0.1) is 5.92 Å². The van der Waals surface area contributed by atoms with E-state index in [4.69, 9.17) is 5.73 Å². The largest absolute Gasteiger partial charge is 0.352 e. The van der Waals surface area contributed by atoms with Gasteiger partial charge in [-0.25, -0.2) is 8.42 Å². The van der Waals surface area contributed by atoms with Gasteiger partial charge in [0, 0.05) is 18.8 Å². The minimum absolute atomic E-state index is 0. The highest BCUT2D eigenvalue weighted by Crippen LogP contribution is 2.24. The van der Waals surface area contributed by atoms with E-state index >= 15 is 0 Å². The van der Waals surface area contributed by atoms with Crippen molar-refractivity contribution in [3.05, 3.63) is 29.8 Å². The van der Waals surface area contributed by atoms with Crippen LogP contribution in [0.5, 0.6) is 0 Å². The van der Waals surface area contributed by atoms with Gasteiger partial charge in [-0.2, -0.15) is 0 Å². The Kier molecular flexibility index (Phi) is 6.19. The SMILES string of the molecule is CS(=O)(=O)c1ccc(CNC(=O)C2CCCC2N)cc1.Cl. The Bertz CT molecular complexity index is 587. The smallest absolute Gasteiger partial charge is 0.224 e. The molecule has 0 aromatic heterocycles. The first-order valence-electron chi connectivity index (χ1n) is 6.70. The monoisotopic (exact) mass is 332 g/mol. The number of rotatable bonds is 4. The van der Waals surface area contributed by atoms with Crippen molar-refractivity contribution in [3.63, 3.8) is 0 Å². The van der Waals surface area contributed by atoms with Crippen molar-refractivity contribution in [2.24, 2.45) is 11.7 Å². The van der Waals surface area contributed by atoms with Crippen molar-refractivity contribution >= 4 is 28.2 Å². The zero-order valence-corrected chi connectivity index (χ0v) is 13.5. The standard InChI is InChI=1S/C14H20N2O3S.ClH/c1-20(18,19)11-7-5-10(6-8-11)9-16-14(17)12-3-2-4-13(12)15;/h5-8,12-13H,2-4,9,15H2,1H3,(H,16,17);1H. The first-order valence-corrected chi connectivity index (χ1v) is 8.59. The average Bonchev–Trinajstić information content (AvgIpc) is 2.82. The van der Waals surface area contributed by atoms with Gasteiger partial charge in [-0.3, -0.25) is 4.79 Å². The summed E-state index contributed by atoms with van der Waals surface area (Å²) in [5.74, 6) is -0.104. The van der Waals surface area contributed by atoms with Gasteiger partial charge in [0.1, 0.15) is 0 Å². The van der Waals surface area contributed by atoms with Crippen LogP contribution in [0.4, 0.5) is 0 Å². The molecule has 1 amide bonds. The number of halogens is 1. The van der Waals surface area contributed by atoms with Crippen LogP contribution in [-0.2, 0) is 21.2 Å². The average molecular weight is 333 g/mol. The summed E-state index contributed by atoms with van der Waals surface area (Å²) in [6, 6.07) is 6.50. The molecule has 1 aliphatic rings. The lowest BCUT2D eigenvalue weighted by Gasteiger charge is -2.15. The van der Waals surface area contributed by atoms with Gasteiger partial charge in [0.2, 0.25) is 5.91 Å². The van der Waals surface area contributed by atoms with Crippen molar-refractivity contribution in [2.45, 2.75) is 36.7 Å². The van der Waals surface area contributed by atoms with Crippen LogP contribution < -0.4 is 11.1 Å². The molecule has 5 nitrogen and oxygen atoms in total. The summed E-state index contributed by atoms with van der Waals surface area (Å²) in [4.78, 5) is 12.3. The van der Waals surface area contributed by atoms with Crippen LogP contribution >= 0.6 is 12.4 Å². The van der Waals surface area contributed by atoms with Gasteiger partial charge in [-0.1, -0.05) is 18.6 Å². The predicted molar refractivity (Wildman–Crippen MR) is 84.0 cm³/mol. The maximum Gasteiger partial charge on any atom is 0.224 e. The molecule has 1 fully saturated rings. The topological polar surface area (TPSA) is 89.3 Å². The van der Waals surface area contributed by atoms with E-state index in [1.807, 2.05) is 0 Å². The third-order valence-electron chi connectivity index (χ3n) is 3.72. The molecular formula is C14H21ClN2O3S. The number of benzene rings is 1. The molecule has 1 aliphatic carbocycles. The molecule has 21 heavy (non-hydrogen) atoms. The molecule has 2 atom stereocenters. The van der Waals surface area contributed by atoms with E-state index in [2.05, 4.69) is 5.32 Å². The van der Waals surface area contributed by atoms with Gasteiger partial charge in [-0.15, -0.1) is 12.4 Å². The number of amides is 1. The van der Waals surface area contributed by atoms with Crippen LogP contribution in [0.3, 0.4) is 0 Å². The minimum atomic E-state index is -3.18. The fraction of sp³-hybridized carbons (Fsp3) is 0.500. The zero-order chi connectivity index (χ0) is 14.8. The molecule has 1 aromatic carbocycles. The number of hydrogen-bond acceptors (Lipinski definition) is 4. The van der Waals surface area contributed by atoms with Crippen molar-refractivity contribution in [1.82, 2.24) is 5.32 Å². The quantitative estimate of drug-likeness (QED) is 0.868. The second-order valence-electron chi connectivity index (χ2n) is 5.34. The van der Waals surface area contributed by atoms with Crippen LogP contribution in [-0.4, -0.2) is 26.6 Å². The van der Waals surface area contributed by atoms with E-state index in [1.54, 1.807) is 24.3 Å². The Labute approximate surface area is 131 Å². The van der Waals surface area contributed by atoms with Gasteiger partial charge in [0.25, 0.3) is 0 Å². The third kappa shape index (κ3) is 4.69. The van der Waals surface area contributed by atoms with E-state index < -0.39 is 9.84 Å². The van der Waals surface area contributed by atoms with Crippen molar-refractivity contribution < 1.29 is 13.2 Å². The van der Waals surface area contributed by atoms with Crippen molar-refractivity contribution in [2.75, 3.05) is 6.26 Å². The Balaban J connectivity index is 0.00000220. The Morgan fingerprint density at radius 3 is 2.38 bits per heavy atom. The Hall–Kier alpha value is -1.11. The number of hydrogen-bond donors (Lipinski definition) is 2. The number of carbonyl (C=O) groups is 1. The molecule has 1 aromatic rings. The van der Waals surface area contributed by atoms with E-state index in [0.717, 1.165) is 24.8 Å². The molecule has 2 unspecified atom stereocenters. The number of nitrogens with two attached hydrogens (primary N) is 1. The summed E-state index contributed by atoms with van der Waals surface area (Å²) < 4.78 is 22.7. The van der Waals surface area contributed by atoms with Gasteiger partial charge in [0.05, 0.1) is 10.8 Å². The van der Waals surface area contributed by atoms with Crippen LogP contribution in [0.1, 0.15) is 24.8 Å². The van der Waals surface area contributed by atoms with E-state index in [1.165, 1.54) is 6.26 Å². The van der Waals surface area contributed by atoms with E-state index in [0.29, 0.717) is 6.54 Å². The highest BCUT2D eigenvalue weighted by atomic mass is 35.5. The third-order valence-corrected chi connectivity index (χ3v) is 4.85. The van der Waals surface area contributed by atoms with Gasteiger partial charge in [0.15, 0.2) is 9.84 Å².